The summed E-state index contributed by atoms with van der Waals surface area (Å²) in [6.45, 7) is 2.43. The average Bonchev–Trinajstić information content (AvgIpc) is 3.37. The van der Waals surface area contributed by atoms with Gasteiger partial charge in [-0.1, -0.05) is 12.1 Å². The van der Waals surface area contributed by atoms with Gasteiger partial charge in [-0.3, -0.25) is 19.5 Å². The van der Waals surface area contributed by atoms with Crippen LogP contribution < -0.4 is 15.5 Å². The van der Waals surface area contributed by atoms with Crippen molar-refractivity contribution in [2.75, 3.05) is 38.1 Å². The maximum Gasteiger partial charge on any atom is 0.261 e. The molecular formula is C23H28FIN6O2. The Bertz CT molecular complexity index is 999. The lowest BCUT2D eigenvalue weighted by Crippen LogP contribution is -2.45. The second-order valence-corrected chi connectivity index (χ2v) is 7.90. The van der Waals surface area contributed by atoms with E-state index in [2.05, 4.69) is 20.6 Å². The molecule has 1 atom stereocenters. The maximum atomic E-state index is 14.0. The summed E-state index contributed by atoms with van der Waals surface area (Å²) in [4.78, 5) is 36.5. The molecule has 0 spiro atoms. The van der Waals surface area contributed by atoms with Gasteiger partial charge in [0.2, 0.25) is 0 Å². The highest BCUT2D eigenvalue weighted by Gasteiger charge is 2.34. The van der Waals surface area contributed by atoms with Crippen molar-refractivity contribution in [1.29, 1.82) is 0 Å². The number of nitrogens with one attached hydrogen (secondary N) is 2. The molecule has 2 N–H and O–H groups in total. The largest absolute Gasteiger partial charge is 0.356 e. The maximum absolute atomic E-state index is 14.0. The lowest BCUT2D eigenvalue weighted by molar-refractivity contribution is 0.0652. The third-order valence-electron chi connectivity index (χ3n) is 5.77. The highest BCUT2D eigenvalue weighted by Crippen LogP contribution is 2.23. The van der Waals surface area contributed by atoms with Crippen molar-refractivity contribution in [2.24, 2.45) is 4.99 Å². The van der Waals surface area contributed by atoms with E-state index < -0.39 is 0 Å². The molecule has 1 fully saturated rings. The Morgan fingerprint density at radius 3 is 2.55 bits per heavy atom. The molecule has 4 rings (SSSR count). The number of aliphatic imine (C=N–C) groups is 1. The van der Waals surface area contributed by atoms with Crippen LogP contribution in [0.15, 0.2) is 47.6 Å². The van der Waals surface area contributed by atoms with Gasteiger partial charge in [-0.25, -0.2) is 9.37 Å². The number of hydrogen-bond donors (Lipinski definition) is 2. The number of unbranched alkanes of at least 4 members (excludes halogenated alkanes) is 1. The number of guanidine groups is 1. The van der Waals surface area contributed by atoms with Crippen LogP contribution >= 0.6 is 24.0 Å². The molecule has 2 amide bonds. The van der Waals surface area contributed by atoms with Crippen molar-refractivity contribution < 1.29 is 14.0 Å². The first-order chi connectivity index (χ1) is 15.6. The van der Waals surface area contributed by atoms with Crippen molar-refractivity contribution in [3.63, 3.8) is 0 Å². The summed E-state index contributed by atoms with van der Waals surface area (Å²) in [5.74, 6) is 0.318. The van der Waals surface area contributed by atoms with E-state index in [1.807, 2.05) is 4.90 Å². The predicted octanol–water partition coefficient (Wildman–Crippen LogP) is 2.66. The molecular weight excluding hydrogens is 538 g/mol. The van der Waals surface area contributed by atoms with E-state index in [1.54, 1.807) is 43.6 Å². The molecule has 33 heavy (non-hydrogen) atoms. The lowest BCUT2D eigenvalue weighted by Gasteiger charge is -2.20. The van der Waals surface area contributed by atoms with Gasteiger partial charge < -0.3 is 15.5 Å². The third kappa shape index (κ3) is 5.60. The molecule has 2 aliphatic rings. The predicted molar refractivity (Wildman–Crippen MR) is 136 cm³/mol. The van der Waals surface area contributed by atoms with Crippen LogP contribution in [-0.2, 0) is 0 Å². The van der Waals surface area contributed by atoms with E-state index >= 15 is 0 Å². The molecule has 1 aromatic heterocycles. The Kier molecular flexibility index (Phi) is 8.59. The Labute approximate surface area is 209 Å². The Morgan fingerprint density at radius 2 is 1.88 bits per heavy atom. The zero-order valence-corrected chi connectivity index (χ0v) is 20.8. The topological polar surface area (TPSA) is 89.9 Å². The van der Waals surface area contributed by atoms with Crippen molar-refractivity contribution in [3.8, 4) is 0 Å². The summed E-state index contributed by atoms with van der Waals surface area (Å²) < 4.78 is 14.0. The first-order valence-electron chi connectivity index (χ1n) is 10.9. The second-order valence-electron chi connectivity index (χ2n) is 7.90. The van der Waals surface area contributed by atoms with E-state index in [9.17, 15) is 14.0 Å². The smallest absolute Gasteiger partial charge is 0.261 e. The zero-order chi connectivity index (χ0) is 22.5. The van der Waals surface area contributed by atoms with E-state index in [0.717, 1.165) is 19.4 Å². The minimum absolute atomic E-state index is 0. The van der Waals surface area contributed by atoms with Crippen LogP contribution in [0.1, 0.15) is 40.0 Å². The first-order valence-corrected chi connectivity index (χ1v) is 10.9. The van der Waals surface area contributed by atoms with Crippen molar-refractivity contribution in [1.82, 2.24) is 20.5 Å². The molecule has 10 heteroatoms. The van der Waals surface area contributed by atoms with Crippen LogP contribution in [0.25, 0.3) is 0 Å². The number of hydrogen-bond acceptors (Lipinski definition) is 5. The number of fused-ring (bicyclic) bond motifs is 1. The lowest BCUT2D eigenvalue weighted by atomic mass is 10.1. The minimum atomic E-state index is -0.311. The van der Waals surface area contributed by atoms with Gasteiger partial charge in [0, 0.05) is 45.5 Å². The number of amides is 2. The molecule has 1 aromatic carbocycles. The summed E-state index contributed by atoms with van der Waals surface area (Å²) in [6, 6.07) is 10.1. The summed E-state index contributed by atoms with van der Waals surface area (Å²) in [7, 11) is 1.71. The van der Waals surface area contributed by atoms with Crippen LogP contribution in [0, 0.1) is 5.82 Å². The number of aromatic nitrogens is 1. The fourth-order valence-corrected chi connectivity index (χ4v) is 4.11. The van der Waals surface area contributed by atoms with Gasteiger partial charge >= 0.3 is 0 Å². The summed E-state index contributed by atoms with van der Waals surface area (Å²) >= 11 is 0. The van der Waals surface area contributed by atoms with Gasteiger partial charge in [-0.2, -0.15) is 0 Å². The number of imide groups is 1. The van der Waals surface area contributed by atoms with Gasteiger partial charge in [-0.15, -0.1) is 24.0 Å². The summed E-state index contributed by atoms with van der Waals surface area (Å²) in [6.07, 6.45) is 3.94. The minimum Gasteiger partial charge on any atom is -0.356 e. The first kappa shape index (κ1) is 24.9. The van der Waals surface area contributed by atoms with Crippen LogP contribution in [0.3, 0.4) is 0 Å². The van der Waals surface area contributed by atoms with Crippen molar-refractivity contribution >= 4 is 47.6 Å². The number of rotatable bonds is 7. The molecule has 0 bridgehead atoms. The van der Waals surface area contributed by atoms with Gasteiger partial charge in [0.05, 0.1) is 11.1 Å². The van der Waals surface area contributed by atoms with E-state index in [-0.39, 0.29) is 47.7 Å². The molecule has 1 unspecified atom stereocenters. The SMILES string of the molecule is CN=C(NCCCCN1C(=O)c2ccccc2C1=O)NC1CCN(c2ncccc2F)C1.I. The van der Waals surface area contributed by atoms with Gasteiger partial charge in [0.15, 0.2) is 17.6 Å². The Morgan fingerprint density at radius 1 is 1.15 bits per heavy atom. The number of benzene rings is 1. The number of carbonyl (C=O) groups excluding carboxylic acids is 2. The average molecular weight is 566 g/mol. The molecule has 0 aliphatic carbocycles. The molecule has 2 aliphatic heterocycles. The quantitative estimate of drug-likeness (QED) is 0.176. The zero-order valence-electron chi connectivity index (χ0n) is 18.5. The van der Waals surface area contributed by atoms with Crippen molar-refractivity contribution in [3.05, 3.63) is 59.5 Å². The van der Waals surface area contributed by atoms with Crippen LogP contribution in [-0.4, -0.2) is 66.9 Å². The number of nitrogens with zero attached hydrogens (tertiary/aromatic N) is 4. The number of carbonyl (C=O) groups is 2. The van der Waals surface area contributed by atoms with Gasteiger partial charge in [-0.05, 0) is 43.5 Å². The Balaban J connectivity index is 0.00000306. The molecule has 0 radical (unpaired) electrons. The van der Waals surface area contributed by atoms with E-state index in [1.165, 1.54) is 11.0 Å². The molecule has 3 heterocycles. The highest BCUT2D eigenvalue weighted by molar-refractivity contribution is 14.0. The molecule has 0 saturated carbocycles. The summed E-state index contributed by atoms with van der Waals surface area (Å²) in [5.41, 5.74) is 0.966. The third-order valence-corrected chi connectivity index (χ3v) is 5.77. The summed E-state index contributed by atoms with van der Waals surface area (Å²) in [5, 5.41) is 6.64. The van der Waals surface area contributed by atoms with E-state index in [4.69, 9.17) is 0 Å². The van der Waals surface area contributed by atoms with Crippen LogP contribution in [0.5, 0.6) is 0 Å². The number of pyridine rings is 1. The monoisotopic (exact) mass is 566 g/mol. The fraction of sp³-hybridized carbons (Fsp3) is 0.391. The van der Waals surface area contributed by atoms with Crippen molar-refractivity contribution in [2.45, 2.75) is 25.3 Å². The molecule has 1 saturated heterocycles. The van der Waals surface area contributed by atoms with Gasteiger partial charge in [0.25, 0.3) is 11.8 Å². The van der Waals surface area contributed by atoms with Crippen LogP contribution in [0.4, 0.5) is 10.2 Å². The normalized spacial score (nSPS) is 17.8. The van der Waals surface area contributed by atoms with Gasteiger partial charge in [0.1, 0.15) is 0 Å². The molecule has 2 aromatic rings. The van der Waals surface area contributed by atoms with E-state index in [0.29, 0.717) is 49.0 Å². The highest BCUT2D eigenvalue weighted by atomic mass is 127. The Hall–Kier alpha value is -2.76. The standard InChI is InChI=1S/C23H27FN6O2.HI/c1-25-23(28-16-10-14-29(15-16)20-19(24)9-6-12-26-20)27-11-4-5-13-30-21(31)17-7-2-3-8-18(17)22(30)32;/h2-3,6-9,12,16H,4-5,10-11,13-15H2,1H3,(H2,25,27,28);1H. The second kappa shape index (κ2) is 11.4. The number of anilines is 1. The fourth-order valence-electron chi connectivity index (χ4n) is 4.11. The molecule has 8 nitrogen and oxygen atoms in total. The van der Waals surface area contributed by atoms with Crippen LogP contribution in [0.2, 0.25) is 0 Å². The molecule has 176 valence electrons. The number of halogens is 2.